The molecule has 4 nitrogen and oxygen atoms in total. The van der Waals surface area contributed by atoms with Gasteiger partial charge < -0.3 is 14.7 Å². The molecule has 4 rings (SSSR count). The number of aliphatic hydroxyl groups excluding tert-OH is 1. The van der Waals surface area contributed by atoms with Gasteiger partial charge in [-0.1, -0.05) is 24.3 Å². The van der Waals surface area contributed by atoms with Gasteiger partial charge in [0.15, 0.2) is 0 Å². The minimum absolute atomic E-state index is 0.0868. The van der Waals surface area contributed by atoms with E-state index in [1.54, 1.807) is 12.1 Å². The summed E-state index contributed by atoms with van der Waals surface area (Å²) < 4.78 is 45.4. The molecule has 1 unspecified atom stereocenters. The van der Waals surface area contributed by atoms with Crippen molar-refractivity contribution in [1.29, 1.82) is 0 Å². The van der Waals surface area contributed by atoms with Gasteiger partial charge in [-0.05, 0) is 79.0 Å². The van der Waals surface area contributed by atoms with Crippen LogP contribution in [0, 0.1) is 17.5 Å². The summed E-state index contributed by atoms with van der Waals surface area (Å²) in [5.41, 5.74) is 2.06. The molecule has 0 aliphatic carbocycles. The molecule has 0 amide bonds. The maximum atomic E-state index is 13.4. The van der Waals surface area contributed by atoms with E-state index in [1.807, 2.05) is 24.3 Å². The van der Waals surface area contributed by atoms with E-state index in [4.69, 9.17) is 4.74 Å². The number of ether oxygens (including phenoxy) is 1. The average Bonchev–Trinajstić information content (AvgIpc) is 2.89. The predicted octanol–water partition coefficient (Wildman–Crippen LogP) is 5.07. The summed E-state index contributed by atoms with van der Waals surface area (Å²) in [4.78, 5) is 4.65. The molecule has 0 spiro atoms. The Morgan fingerprint density at radius 1 is 0.694 bits per heavy atom. The first kappa shape index (κ1) is 26.2. The predicted molar refractivity (Wildman–Crippen MR) is 135 cm³/mol. The largest absolute Gasteiger partial charge is 0.491 e. The highest BCUT2D eigenvalue weighted by Crippen LogP contribution is 2.30. The molecule has 1 fully saturated rings. The number of β-amino-alcohol motifs (C(OH)–C–C–N with tert-alkyl or cyclic N) is 1. The molecule has 1 N–H and O–H groups in total. The summed E-state index contributed by atoms with van der Waals surface area (Å²) in [6, 6.07) is 18.9. The third-order valence-electron chi connectivity index (χ3n) is 6.70. The third-order valence-corrected chi connectivity index (χ3v) is 6.70. The third kappa shape index (κ3) is 7.82. The zero-order valence-corrected chi connectivity index (χ0v) is 20.3. The first-order valence-electron chi connectivity index (χ1n) is 12.5. The van der Waals surface area contributed by atoms with Crippen LogP contribution in [0.15, 0.2) is 72.8 Å². The fourth-order valence-electron chi connectivity index (χ4n) is 4.70. The lowest BCUT2D eigenvalue weighted by atomic mass is 9.87. The van der Waals surface area contributed by atoms with Gasteiger partial charge in [-0.15, -0.1) is 0 Å². The van der Waals surface area contributed by atoms with Gasteiger partial charge in [0.05, 0.1) is 0 Å². The van der Waals surface area contributed by atoms with Gasteiger partial charge in [0, 0.05) is 38.6 Å². The fourth-order valence-corrected chi connectivity index (χ4v) is 4.70. The van der Waals surface area contributed by atoms with Crippen LogP contribution in [-0.2, 0) is 0 Å². The number of aliphatic hydroxyl groups is 1. The van der Waals surface area contributed by atoms with Crippen LogP contribution in [0.25, 0.3) is 0 Å². The fraction of sp³-hybridized carbons (Fsp3) is 0.379. The molecule has 0 aromatic heterocycles. The molecule has 7 heteroatoms. The van der Waals surface area contributed by atoms with Crippen LogP contribution in [0.4, 0.5) is 13.2 Å². The van der Waals surface area contributed by atoms with Crippen molar-refractivity contribution in [2.75, 3.05) is 45.9 Å². The molecule has 36 heavy (non-hydrogen) atoms. The average molecular weight is 499 g/mol. The topological polar surface area (TPSA) is 35.9 Å². The molecule has 1 heterocycles. The van der Waals surface area contributed by atoms with Crippen molar-refractivity contribution < 1.29 is 23.0 Å². The van der Waals surface area contributed by atoms with Crippen LogP contribution in [-0.4, -0.2) is 66.9 Å². The zero-order chi connectivity index (χ0) is 25.3. The Morgan fingerprint density at radius 2 is 1.17 bits per heavy atom. The zero-order valence-electron chi connectivity index (χ0n) is 20.3. The SMILES string of the molecule is OC(COc1ccc(F)cc1)CN1CCN(CCCC(c2ccc(F)cc2)c2ccc(F)cc2)CC1. The monoisotopic (exact) mass is 498 g/mol. The van der Waals surface area contributed by atoms with Gasteiger partial charge in [-0.25, -0.2) is 13.2 Å². The van der Waals surface area contributed by atoms with Crippen molar-refractivity contribution in [3.05, 3.63) is 101 Å². The smallest absolute Gasteiger partial charge is 0.123 e. The van der Waals surface area contributed by atoms with Crippen LogP contribution in [0.1, 0.15) is 29.9 Å². The number of hydrogen-bond acceptors (Lipinski definition) is 4. The van der Waals surface area contributed by atoms with Crippen LogP contribution >= 0.6 is 0 Å². The first-order valence-corrected chi connectivity index (χ1v) is 12.5. The van der Waals surface area contributed by atoms with E-state index in [0.717, 1.165) is 56.7 Å². The molecule has 1 saturated heterocycles. The standard InChI is InChI=1S/C29H33F3N2O2/c30-24-7-3-22(4-8-24)29(23-5-9-25(31)10-6-23)2-1-15-33-16-18-34(19-17-33)20-27(35)21-36-28-13-11-26(32)12-14-28/h3-14,27,29,35H,1-2,15-21H2. The van der Waals surface area contributed by atoms with E-state index in [-0.39, 0.29) is 30.0 Å². The van der Waals surface area contributed by atoms with Gasteiger partial charge >= 0.3 is 0 Å². The summed E-state index contributed by atoms with van der Waals surface area (Å²) >= 11 is 0. The Morgan fingerprint density at radius 3 is 1.69 bits per heavy atom. The van der Waals surface area contributed by atoms with Crippen LogP contribution in [0.5, 0.6) is 5.75 Å². The molecular formula is C29H33F3N2O2. The normalized spacial score (nSPS) is 15.8. The lowest BCUT2D eigenvalue weighted by Crippen LogP contribution is -2.49. The number of hydrogen-bond donors (Lipinski definition) is 1. The summed E-state index contributed by atoms with van der Waals surface area (Å²) in [7, 11) is 0. The molecule has 0 saturated carbocycles. The maximum absolute atomic E-state index is 13.4. The van der Waals surface area contributed by atoms with Gasteiger partial charge in [0.2, 0.25) is 0 Å². The van der Waals surface area contributed by atoms with Gasteiger partial charge in [0.25, 0.3) is 0 Å². The van der Waals surface area contributed by atoms with Crippen molar-refractivity contribution >= 4 is 0 Å². The number of piperazine rings is 1. The lowest BCUT2D eigenvalue weighted by Gasteiger charge is -2.35. The second-order valence-electron chi connectivity index (χ2n) is 9.36. The van der Waals surface area contributed by atoms with Gasteiger partial charge in [-0.3, -0.25) is 4.90 Å². The summed E-state index contributed by atoms with van der Waals surface area (Å²) in [6.45, 7) is 5.22. The molecule has 192 valence electrons. The van der Waals surface area contributed by atoms with Gasteiger partial charge in [-0.2, -0.15) is 0 Å². The van der Waals surface area contributed by atoms with Crippen LogP contribution in [0.2, 0.25) is 0 Å². The summed E-state index contributed by atoms with van der Waals surface area (Å²) in [5, 5.41) is 10.3. The van der Waals surface area contributed by atoms with E-state index >= 15 is 0 Å². The van der Waals surface area contributed by atoms with Crippen molar-refractivity contribution in [1.82, 2.24) is 9.80 Å². The van der Waals surface area contributed by atoms with E-state index in [9.17, 15) is 18.3 Å². The number of rotatable bonds is 11. The Hall–Kier alpha value is -2.87. The molecule has 3 aromatic carbocycles. The molecular weight excluding hydrogens is 465 g/mol. The highest BCUT2D eigenvalue weighted by atomic mass is 19.1. The quantitative estimate of drug-likeness (QED) is 0.400. The highest BCUT2D eigenvalue weighted by Gasteiger charge is 2.20. The molecule has 0 bridgehead atoms. The second kappa shape index (κ2) is 12.9. The molecule has 1 atom stereocenters. The number of benzene rings is 3. The van der Waals surface area contributed by atoms with Crippen molar-refractivity contribution in [2.45, 2.75) is 24.9 Å². The maximum Gasteiger partial charge on any atom is 0.123 e. The van der Waals surface area contributed by atoms with E-state index in [1.165, 1.54) is 36.4 Å². The van der Waals surface area contributed by atoms with Crippen LogP contribution in [0.3, 0.4) is 0 Å². The summed E-state index contributed by atoms with van der Waals surface area (Å²) in [6.07, 6.45) is 1.23. The van der Waals surface area contributed by atoms with E-state index in [2.05, 4.69) is 9.80 Å². The summed E-state index contributed by atoms with van der Waals surface area (Å²) in [5.74, 6) is -0.214. The Bertz CT molecular complexity index is 1010. The van der Waals surface area contributed by atoms with Crippen molar-refractivity contribution in [2.24, 2.45) is 0 Å². The molecule has 1 aliphatic rings. The molecule has 0 radical (unpaired) electrons. The molecule has 1 aliphatic heterocycles. The Balaban J connectivity index is 1.20. The lowest BCUT2D eigenvalue weighted by molar-refractivity contribution is 0.0457. The minimum Gasteiger partial charge on any atom is -0.491 e. The van der Waals surface area contributed by atoms with Gasteiger partial charge in [0.1, 0.15) is 35.9 Å². The van der Waals surface area contributed by atoms with Crippen LogP contribution < -0.4 is 4.74 Å². The van der Waals surface area contributed by atoms with Crippen molar-refractivity contribution in [3.8, 4) is 5.75 Å². The number of halogens is 3. The second-order valence-corrected chi connectivity index (χ2v) is 9.36. The van der Waals surface area contributed by atoms with E-state index in [0.29, 0.717) is 12.3 Å². The van der Waals surface area contributed by atoms with Crippen molar-refractivity contribution in [3.63, 3.8) is 0 Å². The van der Waals surface area contributed by atoms with E-state index < -0.39 is 6.10 Å². The Kier molecular flexibility index (Phi) is 9.39. The number of nitrogens with zero attached hydrogens (tertiary/aromatic N) is 2. The highest BCUT2D eigenvalue weighted by molar-refractivity contribution is 5.32. The first-order chi connectivity index (χ1) is 17.5. The Labute approximate surface area is 210 Å². The molecule has 3 aromatic rings. The minimum atomic E-state index is -0.617.